The summed E-state index contributed by atoms with van der Waals surface area (Å²) >= 11 is 1.30. The van der Waals surface area contributed by atoms with Crippen LogP contribution in [0.15, 0.2) is 47.8 Å². The van der Waals surface area contributed by atoms with Crippen molar-refractivity contribution in [2.75, 3.05) is 10.7 Å². The molecular weight excluding hydrogens is 326 g/mol. The molecule has 2 amide bonds. The Hall–Kier alpha value is -2.48. The molecule has 1 unspecified atom stereocenters. The van der Waals surface area contributed by atoms with E-state index in [0.29, 0.717) is 5.17 Å². The van der Waals surface area contributed by atoms with Crippen LogP contribution in [0.2, 0.25) is 0 Å². The topological polar surface area (TPSA) is 77.0 Å². The van der Waals surface area contributed by atoms with Crippen molar-refractivity contribution in [1.29, 1.82) is 0 Å². The number of hydrogen-bond donors (Lipinski definition) is 2. The lowest BCUT2D eigenvalue weighted by atomic mass is 10.2. The highest BCUT2D eigenvalue weighted by molar-refractivity contribution is 8.14. The van der Waals surface area contributed by atoms with Crippen LogP contribution in [-0.2, 0) is 9.59 Å². The number of hydrogen-bond acceptors (Lipinski definition) is 6. The molecule has 0 spiro atoms. The maximum Gasteiger partial charge on any atom is 0.276 e. The van der Waals surface area contributed by atoms with Crippen LogP contribution in [-0.4, -0.2) is 39.8 Å². The molecule has 3 rings (SSSR count). The predicted molar refractivity (Wildman–Crippen MR) is 95.0 cm³/mol. The Balaban J connectivity index is 1.65. The Morgan fingerprint density at radius 3 is 2.79 bits per heavy atom. The Morgan fingerprint density at radius 2 is 2.08 bits per heavy atom. The molecular formula is C16H19N5O2S. The number of nitrogens with zero attached hydrogens (tertiary/aromatic N) is 3. The third-order valence-corrected chi connectivity index (χ3v) is 4.41. The summed E-state index contributed by atoms with van der Waals surface area (Å²) < 4.78 is 0. The Bertz CT molecular complexity index is 689. The second-order valence-corrected chi connectivity index (χ2v) is 6.63. The van der Waals surface area contributed by atoms with Crippen LogP contribution >= 0.6 is 11.8 Å². The molecule has 24 heavy (non-hydrogen) atoms. The van der Waals surface area contributed by atoms with Gasteiger partial charge in [0.25, 0.3) is 5.91 Å². The van der Waals surface area contributed by atoms with E-state index < -0.39 is 6.17 Å². The van der Waals surface area contributed by atoms with Crippen molar-refractivity contribution >= 4 is 34.4 Å². The van der Waals surface area contributed by atoms with Crippen LogP contribution in [0.4, 0.5) is 5.69 Å². The highest BCUT2D eigenvalue weighted by Crippen LogP contribution is 2.25. The number of rotatable bonds is 4. The second kappa shape index (κ2) is 6.96. The smallest absolute Gasteiger partial charge is 0.276 e. The predicted octanol–water partition coefficient (Wildman–Crippen LogP) is 1.26. The molecule has 8 heteroatoms. The van der Waals surface area contributed by atoms with Gasteiger partial charge in [0.2, 0.25) is 12.1 Å². The molecule has 1 aromatic rings. The highest BCUT2D eigenvalue weighted by atomic mass is 32.2. The molecule has 0 saturated carbocycles. The number of carbonyl (C=O) groups excluding carboxylic acids is 2. The molecule has 2 N–H and O–H groups in total. The zero-order valence-corrected chi connectivity index (χ0v) is 14.3. The number of benzene rings is 1. The van der Waals surface area contributed by atoms with Crippen LogP contribution < -0.4 is 15.6 Å². The van der Waals surface area contributed by atoms with Gasteiger partial charge in [-0.2, -0.15) is 5.10 Å². The Kier molecular flexibility index (Phi) is 4.75. The van der Waals surface area contributed by atoms with Crippen molar-refractivity contribution in [3.05, 3.63) is 42.7 Å². The minimum Gasteiger partial charge on any atom is -0.353 e. The first-order valence-electron chi connectivity index (χ1n) is 7.66. The van der Waals surface area contributed by atoms with Crippen molar-refractivity contribution in [2.24, 2.45) is 5.10 Å². The minimum absolute atomic E-state index is 0.0561. The number of thioether (sulfide) groups is 1. The summed E-state index contributed by atoms with van der Waals surface area (Å²) in [6.45, 7) is 3.83. The number of nitrogens with one attached hydrogen (secondary N) is 2. The van der Waals surface area contributed by atoms with Crippen molar-refractivity contribution in [3.63, 3.8) is 0 Å². The van der Waals surface area contributed by atoms with E-state index in [2.05, 4.69) is 15.8 Å². The number of para-hydroxylation sites is 1. The van der Waals surface area contributed by atoms with Gasteiger partial charge in [0.15, 0.2) is 5.17 Å². The molecule has 2 heterocycles. The molecule has 2 aliphatic rings. The van der Waals surface area contributed by atoms with E-state index in [4.69, 9.17) is 0 Å². The van der Waals surface area contributed by atoms with Crippen molar-refractivity contribution in [3.8, 4) is 0 Å². The monoisotopic (exact) mass is 345 g/mol. The molecule has 0 radical (unpaired) electrons. The first-order chi connectivity index (χ1) is 11.6. The Labute approximate surface area is 144 Å². The fraction of sp³-hybridized carbons (Fsp3) is 0.312. The van der Waals surface area contributed by atoms with Crippen molar-refractivity contribution < 1.29 is 9.59 Å². The van der Waals surface area contributed by atoms with Crippen molar-refractivity contribution in [2.45, 2.75) is 26.1 Å². The second-order valence-electron chi connectivity index (χ2n) is 5.69. The summed E-state index contributed by atoms with van der Waals surface area (Å²) in [7, 11) is 0. The largest absolute Gasteiger partial charge is 0.353 e. The lowest BCUT2D eigenvalue weighted by Gasteiger charge is -2.31. The van der Waals surface area contributed by atoms with Gasteiger partial charge in [-0.05, 0) is 26.0 Å². The highest BCUT2D eigenvalue weighted by Gasteiger charge is 2.38. The average molecular weight is 345 g/mol. The van der Waals surface area contributed by atoms with E-state index in [0.717, 1.165) is 5.69 Å². The third kappa shape index (κ3) is 3.38. The lowest BCUT2D eigenvalue weighted by Crippen LogP contribution is -2.52. The normalized spacial score (nSPS) is 19.2. The zero-order valence-electron chi connectivity index (χ0n) is 13.5. The molecule has 7 nitrogen and oxygen atoms in total. The van der Waals surface area contributed by atoms with Gasteiger partial charge in [-0.15, -0.1) is 0 Å². The van der Waals surface area contributed by atoms with Crippen molar-refractivity contribution in [1.82, 2.24) is 15.6 Å². The minimum atomic E-state index is -0.578. The van der Waals surface area contributed by atoms with E-state index in [-0.39, 0.29) is 23.6 Å². The first kappa shape index (κ1) is 16.4. The Morgan fingerprint density at radius 1 is 1.33 bits per heavy atom. The van der Waals surface area contributed by atoms with Crippen LogP contribution in [0, 0.1) is 0 Å². The molecule has 0 aliphatic carbocycles. The van der Waals surface area contributed by atoms with Gasteiger partial charge < -0.3 is 5.32 Å². The maximum absolute atomic E-state index is 12.6. The van der Waals surface area contributed by atoms with Gasteiger partial charge in [0.1, 0.15) is 0 Å². The molecule has 0 bridgehead atoms. The third-order valence-electron chi connectivity index (χ3n) is 3.45. The van der Waals surface area contributed by atoms with Gasteiger partial charge >= 0.3 is 0 Å². The SMILES string of the molecule is CC(C)NC(=O)CSC1=NNC2C(=O)N(c3ccccc3)C=CN12. The number of hydrazone groups is 1. The number of amides is 2. The first-order valence-corrected chi connectivity index (χ1v) is 8.65. The number of amidine groups is 1. The molecule has 126 valence electrons. The summed E-state index contributed by atoms with van der Waals surface area (Å²) in [5.41, 5.74) is 3.64. The molecule has 0 saturated heterocycles. The van der Waals surface area contributed by atoms with E-state index >= 15 is 0 Å². The summed E-state index contributed by atoms with van der Waals surface area (Å²) in [6.07, 6.45) is 2.93. The molecule has 0 aromatic heterocycles. The van der Waals surface area contributed by atoms with Crippen LogP contribution in [0.5, 0.6) is 0 Å². The molecule has 1 atom stereocenters. The summed E-state index contributed by atoms with van der Waals surface area (Å²) in [6, 6.07) is 9.53. The van der Waals surface area contributed by atoms with Crippen LogP contribution in [0.25, 0.3) is 0 Å². The quantitative estimate of drug-likeness (QED) is 0.859. The van der Waals surface area contributed by atoms with E-state index in [9.17, 15) is 9.59 Å². The summed E-state index contributed by atoms with van der Waals surface area (Å²) in [4.78, 5) is 27.7. The van der Waals surface area contributed by atoms with E-state index in [1.165, 1.54) is 11.8 Å². The average Bonchev–Trinajstić information content (AvgIpc) is 2.97. The molecule has 0 fully saturated rings. The van der Waals surface area contributed by atoms with Gasteiger partial charge in [-0.25, -0.2) is 0 Å². The van der Waals surface area contributed by atoms with E-state index in [1.54, 1.807) is 22.2 Å². The fourth-order valence-corrected chi connectivity index (χ4v) is 3.19. The number of carbonyl (C=O) groups is 2. The van der Waals surface area contributed by atoms with Gasteiger partial charge in [0.05, 0.1) is 5.75 Å². The van der Waals surface area contributed by atoms with Gasteiger partial charge in [-0.3, -0.25) is 24.8 Å². The zero-order chi connectivity index (χ0) is 17.1. The number of anilines is 1. The summed E-state index contributed by atoms with van der Waals surface area (Å²) in [5, 5.41) is 7.62. The fourth-order valence-electron chi connectivity index (χ4n) is 2.42. The summed E-state index contributed by atoms with van der Waals surface area (Å²) in [5.74, 6) is 0.0841. The van der Waals surface area contributed by atoms with Crippen LogP contribution in [0.1, 0.15) is 13.8 Å². The van der Waals surface area contributed by atoms with Crippen LogP contribution in [0.3, 0.4) is 0 Å². The molecule has 2 aliphatic heterocycles. The van der Waals surface area contributed by atoms with Gasteiger partial charge in [0, 0.05) is 24.1 Å². The lowest BCUT2D eigenvalue weighted by molar-refractivity contribution is -0.122. The standard InChI is InChI=1S/C16H19N5O2S/c1-11(2)17-13(22)10-24-16-19-18-14-15(23)20(8-9-21(14)16)12-6-4-3-5-7-12/h3-9,11,14,18H,10H2,1-2H3,(H,17,22). The molecule has 1 aromatic carbocycles. The van der Waals surface area contributed by atoms with Gasteiger partial charge in [-0.1, -0.05) is 30.0 Å². The number of fused-ring (bicyclic) bond motifs is 1. The maximum atomic E-state index is 12.6. The van der Waals surface area contributed by atoms with E-state index in [1.807, 2.05) is 44.2 Å².